The summed E-state index contributed by atoms with van der Waals surface area (Å²) in [5.74, 6) is 0. The van der Waals surface area contributed by atoms with Gasteiger partial charge in [0.05, 0.1) is 0 Å². The van der Waals surface area contributed by atoms with Crippen molar-refractivity contribution in [3.8, 4) is 0 Å². The highest BCUT2D eigenvalue weighted by atomic mass is 14.8. The highest BCUT2D eigenvalue weighted by Crippen LogP contribution is 1.81. The molecule has 50 valence electrons. The van der Waals surface area contributed by atoms with E-state index < -0.39 is 0 Å². The van der Waals surface area contributed by atoms with E-state index >= 15 is 0 Å². The lowest BCUT2D eigenvalue weighted by atomic mass is 10.3. The van der Waals surface area contributed by atoms with Crippen molar-refractivity contribution < 1.29 is 0 Å². The molecule has 0 aliphatic carbocycles. The zero-order valence-corrected chi connectivity index (χ0v) is 5.83. The van der Waals surface area contributed by atoms with Crippen LogP contribution >= 0.6 is 0 Å². The van der Waals surface area contributed by atoms with E-state index in [1.807, 2.05) is 14.1 Å². The summed E-state index contributed by atoms with van der Waals surface area (Å²) >= 11 is 0. The van der Waals surface area contributed by atoms with Crippen LogP contribution in [0.1, 0.15) is 12.8 Å². The number of rotatable bonds is 5. The van der Waals surface area contributed by atoms with Gasteiger partial charge in [-0.25, -0.2) is 0 Å². The third-order valence-electron chi connectivity index (χ3n) is 1.10. The molecule has 0 aliphatic rings. The fourth-order valence-corrected chi connectivity index (χ4v) is 0.604. The van der Waals surface area contributed by atoms with E-state index in [-0.39, 0.29) is 0 Å². The van der Waals surface area contributed by atoms with Gasteiger partial charge in [0, 0.05) is 0 Å². The minimum Gasteiger partial charge on any atom is -0.320 e. The first-order valence-corrected chi connectivity index (χ1v) is 3.21. The molecule has 0 rings (SSSR count). The fraction of sp³-hybridized carbons (Fsp3) is 1.00. The SMILES string of the molecule is CNCCCCNC. The van der Waals surface area contributed by atoms with Crippen molar-refractivity contribution in [3.05, 3.63) is 0 Å². The fourth-order valence-electron chi connectivity index (χ4n) is 0.604. The molecule has 0 aromatic rings. The number of nitrogens with one attached hydrogen (secondary N) is 2. The predicted octanol–water partition coefficient (Wildman–Crippen LogP) is 0.205. The van der Waals surface area contributed by atoms with Crippen molar-refractivity contribution in [2.24, 2.45) is 0 Å². The first kappa shape index (κ1) is 7.92. The van der Waals surface area contributed by atoms with Crippen molar-refractivity contribution in [2.75, 3.05) is 27.2 Å². The van der Waals surface area contributed by atoms with Crippen molar-refractivity contribution in [3.63, 3.8) is 0 Å². The van der Waals surface area contributed by atoms with Gasteiger partial charge < -0.3 is 10.6 Å². The number of unbranched alkanes of at least 4 members (excludes halogenated alkanes) is 1. The van der Waals surface area contributed by atoms with Gasteiger partial charge in [-0.1, -0.05) is 0 Å². The number of hydrogen-bond acceptors (Lipinski definition) is 2. The molecule has 2 N–H and O–H groups in total. The second-order valence-electron chi connectivity index (χ2n) is 1.91. The molecule has 2 nitrogen and oxygen atoms in total. The first-order chi connectivity index (χ1) is 3.91. The second kappa shape index (κ2) is 6.92. The van der Waals surface area contributed by atoms with Crippen LogP contribution in [0.2, 0.25) is 0 Å². The zero-order chi connectivity index (χ0) is 6.24. The summed E-state index contributed by atoms with van der Waals surface area (Å²) in [7, 11) is 3.97. The van der Waals surface area contributed by atoms with Gasteiger partial charge in [-0.05, 0) is 40.0 Å². The van der Waals surface area contributed by atoms with Crippen LogP contribution in [-0.4, -0.2) is 27.2 Å². The maximum absolute atomic E-state index is 3.10. The van der Waals surface area contributed by atoms with Crippen LogP contribution in [0.4, 0.5) is 0 Å². The van der Waals surface area contributed by atoms with Crippen LogP contribution in [-0.2, 0) is 0 Å². The summed E-state index contributed by atoms with van der Waals surface area (Å²) in [6, 6.07) is 0. The summed E-state index contributed by atoms with van der Waals surface area (Å²) in [5.41, 5.74) is 0. The molecule has 0 spiro atoms. The van der Waals surface area contributed by atoms with E-state index in [4.69, 9.17) is 0 Å². The van der Waals surface area contributed by atoms with E-state index in [0.717, 1.165) is 13.1 Å². The molecular weight excluding hydrogens is 100 g/mol. The zero-order valence-electron chi connectivity index (χ0n) is 5.83. The minimum atomic E-state index is 1.14. The molecule has 2 heteroatoms. The first-order valence-electron chi connectivity index (χ1n) is 3.21. The molecule has 0 atom stereocenters. The molecule has 0 bridgehead atoms. The molecule has 0 fully saturated rings. The van der Waals surface area contributed by atoms with Crippen LogP contribution < -0.4 is 10.6 Å². The largest absolute Gasteiger partial charge is 0.320 e. The average Bonchev–Trinajstić information content (AvgIpc) is 1.81. The molecule has 0 saturated carbocycles. The van der Waals surface area contributed by atoms with Gasteiger partial charge in [0.1, 0.15) is 0 Å². The highest BCUT2D eigenvalue weighted by molar-refractivity contribution is 4.44. The van der Waals surface area contributed by atoms with E-state index in [1.54, 1.807) is 0 Å². The quantitative estimate of drug-likeness (QED) is 0.502. The Kier molecular flexibility index (Phi) is 6.85. The van der Waals surface area contributed by atoms with Gasteiger partial charge in [-0.15, -0.1) is 0 Å². The maximum Gasteiger partial charge on any atom is -0.00515 e. The third kappa shape index (κ3) is 5.92. The lowest BCUT2D eigenvalue weighted by Crippen LogP contribution is -2.12. The smallest absolute Gasteiger partial charge is 0.00515 e. The van der Waals surface area contributed by atoms with Gasteiger partial charge in [-0.2, -0.15) is 0 Å². The molecule has 0 unspecified atom stereocenters. The Hall–Kier alpha value is -0.0800. The van der Waals surface area contributed by atoms with Crippen LogP contribution in [0.3, 0.4) is 0 Å². The van der Waals surface area contributed by atoms with Crippen molar-refractivity contribution in [1.29, 1.82) is 0 Å². The minimum absolute atomic E-state index is 1.14. The van der Waals surface area contributed by atoms with E-state index in [1.165, 1.54) is 12.8 Å². The molecule has 0 radical (unpaired) electrons. The Morgan fingerprint density at radius 3 is 1.50 bits per heavy atom. The summed E-state index contributed by atoms with van der Waals surface area (Å²) in [4.78, 5) is 0. The van der Waals surface area contributed by atoms with E-state index in [0.29, 0.717) is 0 Å². The standard InChI is InChI=1S/C6H16N2/c1-7-5-3-4-6-8-2/h7-8H,3-6H2,1-2H3. The van der Waals surface area contributed by atoms with Gasteiger partial charge >= 0.3 is 0 Å². The van der Waals surface area contributed by atoms with Crippen molar-refractivity contribution >= 4 is 0 Å². The molecule has 0 saturated heterocycles. The second-order valence-corrected chi connectivity index (χ2v) is 1.91. The molecule has 0 aliphatic heterocycles. The lowest BCUT2D eigenvalue weighted by Gasteiger charge is -1.97. The Morgan fingerprint density at radius 2 is 1.25 bits per heavy atom. The molecule has 0 amide bonds. The van der Waals surface area contributed by atoms with Crippen molar-refractivity contribution in [2.45, 2.75) is 12.8 Å². The van der Waals surface area contributed by atoms with Crippen LogP contribution in [0.25, 0.3) is 0 Å². The monoisotopic (exact) mass is 116 g/mol. The maximum atomic E-state index is 3.10. The Labute approximate surface area is 51.7 Å². The van der Waals surface area contributed by atoms with Crippen LogP contribution in [0.15, 0.2) is 0 Å². The van der Waals surface area contributed by atoms with E-state index in [2.05, 4.69) is 10.6 Å². The van der Waals surface area contributed by atoms with Gasteiger partial charge in [0.15, 0.2) is 0 Å². The Bertz CT molecular complexity index is 31.5. The molecule has 0 aromatic carbocycles. The predicted molar refractivity (Wildman–Crippen MR) is 37.1 cm³/mol. The number of hydrogen-bond donors (Lipinski definition) is 2. The highest BCUT2D eigenvalue weighted by Gasteiger charge is 1.81. The summed E-state index contributed by atoms with van der Waals surface area (Å²) in [5, 5.41) is 6.20. The Balaban J connectivity index is 2.53. The van der Waals surface area contributed by atoms with Gasteiger partial charge in [0.2, 0.25) is 0 Å². The van der Waals surface area contributed by atoms with Crippen LogP contribution in [0.5, 0.6) is 0 Å². The topological polar surface area (TPSA) is 24.1 Å². The lowest BCUT2D eigenvalue weighted by molar-refractivity contribution is 0.644. The third-order valence-corrected chi connectivity index (χ3v) is 1.10. The molecule has 0 heterocycles. The summed E-state index contributed by atoms with van der Waals surface area (Å²) in [6.07, 6.45) is 2.55. The van der Waals surface area contributed by atoms with Crippen LogP contribution in [0, 0.1) is 0 Å². The molecular formula is C6H16N2. The van der Waals surface area contributed by atoms with E-state index in [9.17, 15) is 0 Å². The van der Waals surface area contributed by atoms with Crippen molar-refractivity contribution in [1.82, 2.24) is 10.6 Å². The molecule has 8 heavy (non-hydrogen) atoms. The average molecular weight is 116 g/mol. The summed E-state index contributed by atoms with van der Waals surface area (Å²) in [6.45, 7) is 2.28. The van der Waals surface area contributed by atoms with Gasteiger partial charge in [-0.3, -0.25) is 0 Å². The molecule has 0 aromatic heterocycles. The normalized spacial score (nSPS) is 9.75. The summed E-state index contributed by atoms with van der Waals surface area (Å²) < 4.78 is 0. The Morgan fingerprint density at radius 1 is 0.875 bits per heavy atom. The van der Waals surface area contributed by atoms with Gasteiger partial charge in [0.25, 0.3) is 0 Å².